The summed E-state index contributed by atoms with van der Waals surface area (Å²) in [5, 5.41) is 8.25. The molecule has 33 heavy (non-hydrogen) atoms. The third-order valence-electron chi connectivity index (χ3n) is 5.49. The summed E-state index contributed by atoms with van der Waals surface area (Å²) < 4.78 is 41.4. The third-order valence-corrected chi connectivity index (χ3v) is 5.49. The molecule has 0 bridgehead atoms. The zero-order chi connectivity index (χ0) is 23.8. The summed E-state index contributed by atoms with van der Waals surface area (Å²) in [5.41, 5.74) is 1.73. The van der Waals surface area contributed by atoms with E-state index >= 15 is 0 Å². The van der Waals surface area contributed by atoms with Gasteiger partial charge in [0.15, 0.2) is 5.82 Å². The molecule has 3 heterocycles. The molecule has 0 saturated heterocycles. The number of amides is 1. The standard InChI is InChI=1S/C22H20F3N7O/c1-14(16-4-7-18(8-5-16)31-13-26-12-29-31)30(3)21(33)19-11-28-32(15(19)2)20-9-6-17(10-27-20)22(23,24)25/h4-14H,1-3H3. The van der Waals surface area contributed by atoms with Crippen LogP contribution in [0.2, 0.25) is 0 Å². The summed E-state index contributed by atoms with van der Waals surface area (Å²) in [7, 11) is 1.69. The van der Waals surface area contributed by atoms with Crippen molar-refractivity contribution in [2.45, 2.75) is 26.1 Å². The van der Waals surface area contributed by atoms with Gasteiger partial charge in [0.1, 0.15) is 12.7 Å². The van der Waals surface area contributed by atoms with Crippen LogP contribution in [-0.4, -0.2) is 47.4 Å². The second kappa shape index (κ2) is 8.49. The first-order chi connectivity index (χ1) is 15.7. The van der Waals surface area contributed by atoms with Gasteiger partial charge in [-0.1, -0.05) is 12.1 Å². The largest absolute Gasteiger partial charge is 0.417 e. The van der Waals surface area contributed by atoms with E-state index in [-0.39, 0.29) is 17.8 Å². The zero-order valence-electron chi connectivity index (χ0n) is 18.0. The van der Waals surface area contributed by atoms with Crippen molar-refractivity contribution < 1.29 is 18.0 Å². The summed E-state index contributed by atoms with van der Waals surface area (Å²) in [6.45, 7) is 3.57. The molecule has 0 aliphatic heterocycles. The molecule has 1 aromatic carbocycles. The van der Waals surface area contributed by atoms with Crippen molar-refractivity contribution in [1.29, 1.82) is 0 Å². The molecule has 0 aliphatic carbocycles. The first-order valence-electron chi connectivity index (χ1n) is 9.97. The van der Waals surface area contributed by atoms with Crippen LogP contribution in [-0.2, 0) is 6.18 Å². The van der Waals surface area contributed by atoms with Gasteiger partial charge >= 0.3 is 6.18 Å². The number of benzene rings is 1. The molecule has 170 valence electrons. The van der Waals surface area contributed by atoms with Gasteiger partial charge in [-0.25, -0.2) is 19.3 Å². The van der Waals surface area contributed by atoms with Gasteiger partial charge in [-0.3, -0.25) is 4.79 Å². The molecule has 1 unspecified atom stereocenters. The summed E-state index contributed by atoms with van der Waals surface area (Å²) in [6.07, 6.45) is 0.715. The van der Waals surface area contributed by atoms with Crippen LogP contribution in [0.15, 0.2) is 61.4 Å². The Morgan fingerprint density at radius 3 is 2.36 bits per heavy atom. The first kappa shape index (κ1) is 22.2. The Bertz CT molecular complexity index is 1250. The number of carbonyl (C=O) groups excluding carboxylic acids is 1. The van der Waals surface area contributed by atoms with Crippen LogP contribution in [0.25, 0.3) is 11.5 Å². The van der Waals surface area contributed by atoms with Crippen LogP contribution in [0, 0.1) is 6.92 Å². The maximum absolute atomic E-state index is 13.1. The molecule has 11 heteroatoms. The highest BCUT2D eigenvalue weighted by atomic mass is 19.4. The molecule has 0 N–H and O–H groups in total. The molecule has 1 atom stereocenters. The molecule has 4 aromatic rings. The van der Waals surface area contributed by atoms with Gasteiger partial charge in [-0.05, 0) is 43.7 Å². The van der Waals surface area contributed by atoms with Gasteiger partial charge in [0.05, 0.1) is 34.7 Å². The number of pyridine rings is 1. The molecular weight excluding hydrogens is 435 g/mol. The van der Waals surface area contributed by atoms with E-state index in [1.54, 1.807) is 29.9 Å². The predicted molar refractivity (Wildman–Crippen MR) is 113 cm³/mol. The van der Waals surface area contributed by atoms with Crippen molar-refractivity contribution in [2.75, 3.05) is 7.05 Å². The molecule has 0 spiro atoms. The minimum atomic E-state index is -4.47. The molecule has 0 saturated carbocycles. The Morgan fingerprint density at radius 2 is 1.79 bits per heavy atom. The zero-order valence-corrected chi connectivity index (χ0v) is 18.0. The Balaban J connectivity index is 1.52. The lowest BCUT2D eigenvalue weighted by atomic mass is 10.1. The normalized spacial score (nSPS) is 12.5. The second-order valence-corrected chi connectivity index (χ2v) is 7.48. The lowest BCUT2D eigenvalue weighted by molar-refractivity contribution is -0.137. The number of alkyl halides is 3. The van der Waals surface area contributed by atoms with Crippen LogP contribution >= 0.6 is 0 Å². The average molecular weight is 455 g/mol. The number of hydrogen-bond acceptors (Lipinski definition) is 5. The molecule has 0 fully saturated rings. The van der Waals surface area contributed by atoms with Gasteiger partial charge in [0.2, 0.25) is 0 Å². The van der Waals surface area contributed by atoms with Crippen molar-refractivity contribution in [3.05, 3.63) is 83.8 Å². The first-order valence-corrected chi connectivity index (χ1v) is 9.97. The molecular formula is C22H20F3N7O. The van der Waals surface area contributed by atoms with Gasteiger partial charge in [0, 0.05) is 13.2 Å². The van der Waals surface area contributed by atoms with Crippen molar-refractivity contribution in [3.63, 3.8) is 0 Å². The summed E-state index contributed by atoms with van der Waals surface area (Å²) in [5.74, 6) is -0.0718. The van der Waals surface area contributed by atoms with E-state index in [9.17, 15) is 18.0 Å². The van der Waals surface area contributed by atoms with Crippen molar-refractivity contribution in [1.82, 2.24) is 34.4 Å². The number of rotatable bonds is 5. The minimum absolute atomic E-state index is 0.193. The smallest absolute Gasteiger partial charge is 0.335 e. The monoisotopic (exact) mass is 455 g/mol. The SMILES string of the molecule is Cc1c(C(=O)N(C)C(C)c2ccc(-n3cncn3)cc2)cnn1-c1ccc(C(F)(F)F)cn1. The Labute approximate surface area is 187 Å². The highest BCUT2D eigenvalue weighted by Gasteiger charge is 2.31. The van der Waals surface area contributed by atoms with E-state index in [0.29, 0.717) is 11.3 Å². The van der Waals surface area contributed by atoms with E-state index in [4.69, 9.17) is 0 Å². The molecule has 0 radical (unpaired) electrons. The predicted octanol–water partition coefficient (Wildman–Crippen LogP) is 4.01. The quantitative estimate of drug-likeness (QED) is 0.454. The van der Waals surface area contributed by atoms with Gasteiger partial charge < -0.3 is 4.90 Å². The number of nitrogens with zero attached hydrogens (tertiary/aromatic N) is 7. The fourth-order valence-corrected chi connectivity index (χ4v) is 3.37. The van der Waals surface area contributed by atoms with Crippen LogP contribution < -0.4 is 0 Å². The van der Waals surface area contributed by atoms with Gasteiger partial charge in [-0.2, -0.15) is 23.4 Å². The van der Waals surface area contributed by atoms with Crippen LogP contribution in [0.3, 0.4) is 0 Å². The maximum atomic E-state index is 13.1. The van der Waals surface area contributed by atoms with E-state index < -0.39 is 11.7 Å². The van der Waals surface area contributed by atoms with Crippen LogP contribution in [0.5, 0.6) is 0 Å². The highest BCUT2D eigenvalue weighted by Crippen LogP contribution is 2.29. The topological polar surface area (TPSA) is 81.7 Å². The van der Waals surface area contributed by atoms with Crippen LogP contribution in [0.4, 0.5) is 13.2 Å². The van der Waals surface area contributed by atoms with Gasteiger partial charge in [0.25, 0.3) is 5.91 Å². The molecule has 8 nitrogen and oxygen atoms in total. The number of aromatic nitrogens is 6. The third kappa shape index (κ3) is 4.34. The van der Waals surface area contributed by atoms with Crippen LogP contribution in [0.1, 0.15) is 40.1 Å². The van der Waals surface area contributed by atoms with Crippen molar-refractivity contribution in [2.24, 2.45) is 0 Å². The van der Waals surface area contributed by atoms with E-state index in [1.807, 2.05) is 31.2 Å². The number of hydrogen-bond donors (Lipinski definition) is 0. The lowest BCUT2D eigenvalue weighted by Crippen LogP contribution is -2.30. The summed E-state index contributed by atoms with van der Waals surface area (Å²) in [6, 6.07) is 9.51. The van der Waals surface area contributed by atoms with Crippen molar-refractivity contribution in [3.8, 4) is 11.5 Å². The van der Waals surface area contributed by atoms with E-state index in [2.05, 4.69) is 20.2 Å². The molecule has 3 aromatic heterocycles. The molecule has 4 rings (SSSR count). The number of carbonyl (C=O) groups is 1. The van der Waals surface area contributed by atoms with E-state index in [0.717, 1.165) is 23.5 Å². The Morgan fingerprint density at radius 1 is 1.06 bits per heavy atom. The Kier molecular flexibility index (Phi) is 5.71. The Hall–Kier alpha value is -4.02. The summed E-state index contributed by atoms with van der Waals surface area (Å²) in [4.78, 5) is 22.5. The minimum Gasteiger partial charge on any atom is -0.335 e. The molecule has 1 amide bonds. The number of halogens is 3. The fraction of sp³-hybridized carbons (Fsp3) is 0.227. The second-order valence-electron chi connectivity index (χ2n) is 7.48. The highest BCUT2D eigenvalue weighted by molar-refractivity contribution is 5.95. The van der Waals surface area contributed by atoms with Gasteiger partial charge in [-0.15, -0.1) is 0 Å². The van der Waals surface area contributed by atoms with Crippen molar-refractivity contribution >= 4 is 5.91 Å². The fourth-order valence-electron chi connectivity index (χ4n) is 3.37. The summed E-state index contributed by atoms with van der Waals surface area (Å²) >= 11 is 0. The average Bonchev–Trinajstić information content (AvgIpc) is 3.47. The maximum Gasteiger partial charge on any atom is 0.417 e. The van der Waals surface area contributed by atoms with E-state index in [1.165, 1.54) is 23.3 Å². The molecule has 0 aliphatic rings. The lowest BCUT2D eigenvalue weighted by Gasteiger charge is -2.25.